The molecule has 1 heterocycles. The molecule has 0 radical (unpaired) electrons. The molecular formula is C27H36N4O3S2. The number of aryl methyl sites for hydroxylation is 2. The first-order chi connectivity index (χ1) is 17.1. The van der Waals surface area contributed by atoms with Gasteiger partial charge in [0.25, 0.3) is 5.91 Å². The Morgan fingerprint density at radius 2 is 1.64 bits per heavy atom. The molecule has 0 atom stereocenters. The maximum absolute atomic E-state index is 13.6. The monoisotopic (exact) mass is 528 g/mol. The molecule has 1 aromatic heterocycles. The number of fused-ring (bicyclic) bond motifs is 1. The number of amides is 1. The highest BCUT2D eigenvalue weighted by Gasteiger charge is 2.29. The number of carbonyl (C=O) groups excluding carboxylic acids is 1. The largest absolute Gasteiger partial charge is 0.308 e. The van der Waals surface area contributed by atoms with Crippen molar-refractivity contribution in [1.82, 2.24) is 14.2 Å². The first-order valence-corrected chi connectivity index (χ1v) is 14.8. The van der Waals surface area contributed by atoms with E-state index in [2.05, 4.69) is 26.0 Å². The van der Waals surface area contributed by atoms with E-state index in [-0.39, 0.29) is 16.8 Å². The van der Waals surface area contributed by atoms with Crippen LogP contribution in [0.25, 0.3) is 10.2 Å². The quantitative estimate of drug-likeness (QED) is 0.408. The van der Waals surface area contributed by atoms with Crippen LogP contribution in [0, 0.1) is 13.8 Å². The minimum Gasteiger partial charge on any atom is -0.308 e. The van der Waals surface area contributed by atoms with E-state index in [1.54, 1.807) is 36.2 Å². The maximum atomic E-state index is 13.6. The van der Waals surface area contributed by atoms with Crippen molar-refractivity contribution >= 4 is 42.6 Å². The van der Waals surface area contributed by atoms with Gasteiger partial charge in [0.2, 0.25) is 10.0 Å². The van der Waals surface area contributed by atoms with E-state index in [0.29, 0.717) is 23.8 Å². The zero-order valence-corrected chi connectivity index (χ0v) is 23.5. The van der Waals surface area contributed by atoms with E-state index < -0.39 is 10.0 Å². The Labute approximate surface area is 218 Å². The Morgan fingerprint density at radius 3 is 2.28 bits per heavy atom. The van der Waals surface area contributed by atoms with Crippen LogP contribution in [0.5, 0.6) is 0 Å². The third-order valence-electron chi connectivity index (χ3n) is 7.19. The summed E-state index contributed by atoms with van der Waals surface area (Å²) in [5, 5.41) is 0.652. The molecule has 1 aliphatic carbocycles. The highest BCUT2D eigenvalue weighted by Crippen LogP contribution is 2.33. The summed E-state index contributed by atoms with van der Waals surface area (Å²) in [7, 11) is 2.00. The molecule has 0 unspecified atom stereocenters. The summed E-state index contributed by atoms with van der Waals surface area (Å²) in [4.78, 5) is 22.4. The summed E-state index contributed by atoms with van der Waals surface area (Å²) in [5.41, 5.74) is 3.65. The molecule has 36 heavy (non-hydrogen) atoms. The Morgan fingerprint density at radius 1 is 0.972 bits per heavy atom. The van der Waals surface area contributed by atoms with Gasteiger partial charge in [-0.1, -0.05) is 36.7 Å². The van der Waals surface area contributed by atoms with Crippen LogP contribution >= 0.6 is 11.3 Å². The van der Waals surface area contributed by atoms with Gasteiger partial charge in [0.1, 0.15) is 0 Å². The highest BCUT2D eigenvalue weighted by molar-refractivity contribution is 7.89. The molecule has 9 heteroatoms. The van der Waals surface area contributed by atoms with Crippen LogP contribution in [-0.2, 0) is 10.0 Å². The summed E-state index contributed by atoms with van der Waals surface area (Å²) < 4.78 is 29.0. The van der Waals surface area contributed by atoms with Gasteiger partial charge < -0.3 is 4.90 Å². The van der Waals surface area contributed by atoms with Crippen molar-refractivity contribution in [3.8, 4) is 0 Å². The lowest BCUT2D eigenvalue weighted by molar-refractivity contribution is 0.0985. The Bertz CT molecular complexity index is 1330. The summed E-state index contributed by atoms with van der Waals surface area (Å²) in [6.07, 6.45) is 5.08. The Hall–Kier alpha value is -2.33. The first kappa shape index (κ1) is 26.7. The lowest BCUT2D eigenvalue weighted by Gasteiger charge is -2.30. The van der Waals surface area contributed by atoms with Crippen molar-refractivity contribution in [1.29, 1.82) is 0 Å². The minimum atomic E-state index is -3.61. The van der Waals surface area contributed by atoms with Crippen LogP contribution in [0.1, 0.15) is 53.6 Å². The van der Waals surface area contributed by atoms with Crippen molar-refractivity contribution in [2.24, 2.45) is 0 Å². The zero-order valence-electron chi connectivity index (χ0n) is 21.8. The first-order valence-electron chi connectivity index (χ1n) is 12.5. The predicted octanol–water partition coefficient (Wildman–Crippen LogP) is 5.07. The number of likely N-dealkylation sites (N-methyl/N-ethyl adjacent to an activating group) is 1. The fraction of sp³-hybridized carbons (Fsp3) is 0.481. The van der Waals surface area contributed by atoms with Crippen molar-refractivity contribution in [2.75, 3.05) is 39.1 Å². The molecule has 1 saturated carbocycles. The van der Waals surface area contributed by atoms with E-state index in [0.717, 1.165) is 41.5 Å². The highest BCUT2D eigenvalue weighted by atomic mass is 32.2. The molecule has 194 valence electrons. The van der Waals surface area contributed by atoms with Gasteiger partial charge in [-0.05, 0) is 82.2 Å². The molecule has 3 aromatic rings. The van der Waals surface area contributed by atoms with Crippen LogP contribution in [-0.4, -0.2) is 68.8 Å². The second-order valence-corrected chi connectivity index (χ2v) is 13.0. The van der Waals surface area contributed by atoms with Gasteiger partial charge in [-0.25, -0.2) is 13.4 Å². The Kier molecular flexibility index (Phi) is 8.14. The molecule has 1 fully saturated rings. The number of rotatable bonds is 8. The zero-order chi connectivity index (χ0) is 26.0. The number of sulfonamides is 1. The van der Waals surface area contributed by atoms with Crippen molar-refractivity contribution in [2.45, 2.75) is 56.9 Å². The van der Waals surface area contributed by atoms with Gasteiger partial charge in [0, 0.05) is 31.7 Å². The van der Waals surface area contributed by atoms with Crippen LogP contribution in [0.2, 0.25) is 0 Å². The number of anilines is 1. The van der Waals surface area contributed by atoms with Crippen LogP contribution < -0.4 is 4.90 Å². The lowest BCUT2D eigenvalue weighted by Crippen LogP contribution is -2.38. The number of hydrogen-bond donors (Lipinski definition) is 0. The smallest absolute Gasteiger partial charge is 0.260 e. The molecule has 0 spiro atoms. The number of benzene rings is 2. The van der Waals surface area contributed by atoms with E-state index >= 15 is 0 Å². The Balaban J connectivity index is 1.61. The fourth-order valence-corrected chi connectivity index (χ4v) is 7.11. The average molecular weight is 529 g/mol. The molecule has 7 nitrogen and oxygen atoms in total. The number of nitrogens with zero attached hydrogens (tertiary/aromatic N) is 4. The normalized spacial score (nSPS) is 15.2. The molecule has 0 N–H and O–H groups in total. The van der Waals surface area contributed by atoms with Crippen molar-refractivity contribution in [3.05, 3.63) is 53.1 Å². The summed E-state index contributed by atoms with van der Waals surface area (Å²) >= 11 is 1.50. The van der Waals surface area contributed by atoms with Crippen LogP contribution in [0.3, 0.4) is 0 Å². The second-order valence-electron chi connectivity index (χ2n) is 9.95. The summed E-state index contributed by atoms with van der Waals surface area (Å²) in [5.74, 6) is -0.185. The van der Waals surface area contributed by atoms with E-state index in [1.165, 1.54) is 27.6 Å². The van der Waals surface area contributed by atoms with Crippen LogP contribution in [0.15, 0.2) is 41.3 Å². The van der Waals surface area contributed by atoms with Crippen LogP contribution in [0.4, 0.5) is 5.13 Å². The van der Waals surface area contributed by atoms with Gasteiger partial charge in [-0.15, -0.1) is 0 Å². The number of carbonyl (C=O) groups is 1. The second kappa shape index (κ2) is 11.0. The molecule has 0 aliphatic heterocycles. The topological polar surface area (TPSA) is 73.8 Å². The molecule has 2 aromatic carbocycles. The molecule has 0 saturated heterocycles. The van der Waals surface area contributed by atoms with Gasteiger partial charge >= 0.3 is 0 Å². The molecular weight excluding hydrogens is 492 g/mol. The number of aromatic nitrogens is 1. The van der Waals surface area contributed by atoms with Crippen molar-refractivity contribution in [3.63, 3.8) is 0 Å². The van der Waals surface area contributed by atoms with Gasteiger partial charge in [0.15, 0.2) is 5.13 Å². The SMILES string of the molecule is Cc1ccc2sc(N(CCN(C)C)C(=O)c3ccc(S(=O)(=O)N(C)C4CCCCC4)cc3)nc2c1C. The molecule has 4 rings (SSSR count). The van der Waals surface area contributed by atoms with E-state index in [1.807, 2.05) is 19.0 Å². The lowest BCUT2D eigenvalue weighted by atomic mass is 9.96. The predicted molar refractivity (Wildman–Crippen MR) is 148 cm³/mol. The van der Waals surface area contributed by atoms with Gasteiger partial charge in [-0.3, -0.25) is 9.69 Å². The van der Waals surface area contributed by atoms with E-state index in [9.17, 15) is 13.2 Å². The third-order valence-corrected chi connectivity index (χ3v) is 10.2. The average Bonchev–Trinajstić information content (AvgIpc) is 3.31. The van der Waals surface area contributed by atoms with Crippen molar-refractivity contribution < 1.29 is 13.2 Å². The molecule has 1 aliphatic rings. The van der Waals surface area contributed by atoms with Gasteiger partial charge in [0.05, 0.1) is 15.1 Å². The molecule has 0 bridgehead atoms. The van der Waals surface area contributed by atoms with Gasteiger partial charge in [-0.2, -0.15) is 4.31 Å². The molecule has 1 amide bonds. The summed E-state index contributed by atoms with van der Waals surface area (Å²) in [6.45, 7) is 5.27. The maximum Gasteiger partial charge on any atom is 0.260 e. The number of thiazole rings is 1. The van der Waals surface area contributed by atoms with E-state index in [4.69, 9.17) is 4.98 Å². The standard InChI is InChI=1S/C27H36N4O3S2/c1-19-11-16-24-25(20(19)2)28-27(35-24)31(18-17-29(3)4)26(32)21-12-14-23(15-13-21)36(33,34)30(5)22-9-7-6-8-10-22/h11-16,22H,6-10,17-18H2,1-5H3. The summed E-state index contributed by atoms with van der Waals surface area (Å²) in [6, 6.07) is 10.5. The third kappa shape index (κ3) is 5.49. The minimum absolute atomic E-state index is 0.0395. The number of hydrogen-bond acceptors (Lipinski definition) is 6. The fourth-order valence-electron chi connectivity index (χ4n) is 4.65.